The minimum absolute atomic E-state index is 0.00172. The number of aryl methyl sites for hydroxylation is 1. The molecule has 1 fully saturated rings. The molecule has 1 aromatic carbocycles. The Hall–Kier alpha value is -2.86. The van der Waals surface area contributed by atoms with E-state index in [9.17, 15) is 4.79 Å². The van der Waals surface area contributed by atoms with Crippen LogP contribution < -0.4 is 5.73 Å². The fourth-order valence-electron chi connectivity index (χ4n) is 3.23. The Morgan fingerprint density at radius 3 is 2.72 bits per heavy atom. The molecule has 3 aromatic rings. The molecule has 0 bridgehead atoms. The second-order valence-electron chi connectivity index (χ2n) is 6.37. The van der Waals surface area contributed by atoms with Crippen molar-refractivity contribution in [3.8, 4) is 11.3 Å². The van der Waals surface area contributed by atoms with E-state index in [4.69, 9.17) is 14.7 Å². The van der Waals surface area contributed by atoms with Crippen molar-refractivity contribution in [1.29, 1.82) is 0 Å². The van der Waals surface area contributed by atoms with Crippen molar-refractivity contribution in [2.45, 2.75) is 18.9 Å². The van der Waals surface area contributed by atoms with Gasteiger partial charge in [-0.15, -0.1) is 0 Å². The van der Waals surface area contributed by atoms with E-state index in [0.29, 0.717) is 24.5 Å². The van der Waals surface area contributed by atoms with Crippen molar-refractivity contribution in [3.63, 3.8) is 0 Å². The van der Waals surface area contributed by atoms with E-state index in [0.717, 1.165) is 17.1 Å². The maximum Gasteiger partial charge on any atom is 0.276 e. The lowest BCUT2D eigenvalue weighted by Crippen LogP contribution is -2.32. The van der Waals surface area contributed by atoms with E-state index in [2.05, 4.69) is 5.16 Å². The van der Waals surface area contributed by atoms with Crippen LogP contribution in [0.2, 0.25) is 0 Å². The molecule has 0 spiro atoms. The van der Waals surface area contributed by atoms with Crippen LogP contribution in [0, 0.1) is 6.92 Å². The van der Waals surface area contributed by atoms with Crippen LogP contribution in [0.25, 0.3) is 11.3 Å². The largest absolute Gasteiger partial charge is 0.466 e. The van der Waals surface area contributed by atoms with E-state index >= 15 is 0 Å². The van der Waals surface area contributed by atoms with Crippen molar-refractivity contribution in [2.75, 3.05) is 13.1 Å². The predicted octanol–water partition coefficient (Wildman–Crippen LogP) is 2.81. The molecule has 2 N–H and O–H groups in total. The van der Waals surface area contributed by atoms with Gasteiger partial charge < -0.3 is 19.6 Å². The molecule has 6 nitrogen and oxygen atoms in total. The van der Waals surface area contributed by atoms with Gasteiger partial charge in [0.1, 0.15) is 11.5 Å². The van der Waals surface area contributed by atoms with Gasteiger partial charge >= 0.3 is 0 Å². The molecule has 1 aliphatic heterocycles. The van der Waals surface area contributed by atoms with E-state index < -0.39 is 0 Å². The molecule has 0 saturated carbocycles. The van der Waals surface area contributed by atoms with Crippen LogP contribution in [-0.2, 0) is 0 Å². The monoisotopic (exact) mass is 337 g/mol. The Morgan fingerprint density at radius 2 is 2.00 bits per heavy atom. The van der Waals surface area contributed by atoms with Crippen LogP contribution in [0.5, 0.6) is 0 Å². The summed E-state index contributed by atoms with van der Waals surface area (Å²) in [5.41, 5.74) is 7.40. The van der Waals surface area contributed by atoms with Gasteiger partial charge in [0, 0.05) is 30.8 Å². The lowest BCUT2D eigenvalue weighted by Gasteiger charge is -2.13. The molecule has 0 aliphatic carbocycles. The average molecular weight is 337 g/mol. The first-order chi connectivity index (χ1) is 12.1. The molecule has 25 heavy (non-hydrogen) atoms. The Morgan fingerprint density at radius 1 is 1.20 bits per heavy atom. The molecule has 128 valence electrons. The Bertz CT molecular complexity index is 884. The summed E-state index contributed by atoms with van der Waals surface area (Å²) >= 11 is 0. The van der Waals surface area contributed by atoms with Crippen molar-refractivity contribution >= 4 is 5.91 Å². The number of hydrogen-bond acceptors (Lipinski definition) is 5. The van der Waals surface area contributed by atoms with E-state index in [1.165, 1.54) is 0 Å². The number of aromatic nitrogens is 1. The van der Waals surface area contributed by atoms with Gasteiger partial charge in [0.25, 0.3) is 5.91 Å². The normalized spacial score (nSPS) is 20.2. The minimum Gasteiger partial charge on any atom is -0.466 e. The van der Waals surface area contributed by atoms with Gasteiger partial charge in [-0.2, -0.15) is 0 Å². The molecule has 0 unspecified atom stereocenters. The van der Waals surface area contributed by atoms with Crippen LogP contribution in [0.1, 0.15) is 27.9 Å². The SMILES string of the molecule is Cc1ccc([C@H]2CN(C(=O)c3cc(-c4ccccc4)on3)C[C@@H]2N)o1. The van der Waals surface area contributed by atoms with Gasteiger partial charge in [0.2, 0.25) is 0 Å². The highest BCUT2D eigenvalue weighted by atomic mass is 16.5. The summed E-state index contributed by atoms with van der Waals surface area (Å²) in [5, 5.41) is 3.93. The summed E-state index contributed by atoms with van der Waals surface area (Å²) in [5.74, 6) is 2.07. The van der Waals surface area contributed by atoms with Crippen molar-refractivity contribution in [1.82, 2.24) is 10.1 Å². The van der Waals surface area contributed by atoms with Gasteiger partial charge in [0.05, 0.1) is 5.92 Å². The second kappa shape index (κ2) is 6.22. The maximum atomic E-state index is 12.7. The summed E-state index contributed by atoms with van der Waals surface area (Å²) in [6.45, 7) is 2.88. The molecule has 4 rings (SSSR count). The molecular formula is C19H19N3O3. The fourth-order valence-corrected chi connectivity index (χ4v) is 3.23. The first kappa shape index (κ1) is 15.7. The van der Waals surface area contributed by atoms with Crippen molar-refractivity contribution in [3.05, 3.63) is 65.7 Å². The molecule has 1 amide bonds. The van der Waals surface area contributed by atoms with Crippen LogP contribution in [0.4, 0.5) is 0 Å². The Kier molecular flexibility index (Phi) is 3.89. The highest BCUT2D eigenvalue weighted by Crippen LogP contribution is 2.29. The quantitative estimate of drug-likeness (QED) is 0.794. The van der Waals surface area contributed by atoms with Gasteiger partial charge in [-0.05, 0) is 19.1 Å². The zero-order chi connectivity index (χ0) is 17.4. The highest BCUT2D eigenvalue weighted by molar-refractivity contribution is 5.93. The summed E-state index contributed by atoms with van der Waals surface area (Å²) in [6, 6.07) is 14.9. The van der Waals surface area contributed by atoms with Gasteiger partial charge in [-0.3, -0.25) is 4.79 Å². The number of benzene rings is 1. The Labute approximate surface area is 145 Å². The highest BCUT2D eigenvalue weighted by Gasteiger charge is 2.36. The number of furan rings is 1. The third-order valence-electron chi connectivity index (χ3n) is 4.57. The predicted molar refractivity (Wildman–Crippen MR) is 92.0 cm³/mol. The number of rotatable bonds is 3. The van der Waals surface area contributed by atoms with Crippen LogP contribution in [0.15, 0.2) is 57.5 Å². The molecular weight excluding hydrogens is 318 g/mol. The maximum absolute atomic E-state index is 12.7. The number of nitrogens with zero attached hydrogens (tertiary/aromatic N) is 2. The number of hydrogen-bond donors (Lipinski definition) is 1. The van der Waals surface area contributed by atoms with Crippen LogP contribution >= 0.6 is 0 Å². The van der Waals surface area contributed by atoms with Crippen molar-refractivity contribution in [2.24, 2.45) is 5.73 Å². The minimum atomic E-state index is -0.174. The molecule has 2 atom stereocenters. The Balaban J connectivity index is 1.51. The lowest BCUT2D eigenvalue weighted by atomic mass is 10.0. The van der Waals surface area contributed by atoms with Gasteiger partial charge in [-0.25, -0.2) is 0 Å². The van der Waals surface area contributed by atoms with E-state index in [1.807, 2.05) is 49.4 Å². The summed E-state index contributed by atoms with van der Waals surface area (Å²) in [6.07, 6.45) is 0. The van der Waals surface area contributed by atoms with Crippen molar-refractivity contribution < 1.29 is 13.7 Å². The molecule has 0 radical (unpaired) electrons. The third kappa shape index (κ3) is 2.96. The second-order valence-corrected chi connectivity index (χ2v) is 6.37. The fraction of sp³-hybridized carbons (Fsp3) is 0.263. The smallest absolute Gasteiger partial charge is 0.276 e. The molecule has 1 aliphatic rings. The summed E-state index contributed by atoms with van der Waals surface area (Å²) < 4.78 is 11.0. The number of amides is 1. The average Bonchev–Trinajstić information content (AvgIpc) is 3.34. The third-order valence-corrected chi connectivity index (χ3v) is 4.57. The lowest BCUT2D eigenvalue weighted by molar-refractivity contribution is 0.0778. The molecule has 2 aromatic heterocycles. The van der Waals surface area contributed by atoms with Crippen LogP contribution in [0.3, 0.4) is 0 Å². The molecule has 3 heterocycles. The molecule has 6 heteroatoms. The number of carbonyl (C=O) groups excluding carboxylic acids is 1. The number of carbonyl (C=O) groups is 1. The summed E-state index contributed by atoms with van der Waals surface area (Å²) in [4.78, 5) is 14.4. The number of likely N-dealkylation sites (tertiary alicyclic amines) is 1. The molecule has 1 saturated heterocycles. The standard InChI is InChI=1S/C19H19N3O3/c1-12-7-8-17(24-12)14-10-22(11-15(14)20)19(23)16-9-18(25-21-16)13-5-3-2-4-6-13/h2-9,14-15H,10-11,20H2,1H3/t14-,15-/m0/s1. The van der Waals surface area contributed by atoms with E-state index in [1.54, 1.807) is 11.0 Å². The zero-order valence-corrected chi connectivity index (χ0v) is 13.9. The van der Waals surface area contributed by atoms with Crippen LogP contribution in [-0.4, -0.2) is 35.1 Å². The van der Waals surface area contributed by atoms with E-state index in [-0.39, 0.29) is 17.9 Å². The van der Waals surface area contributed by atoms with Gasteiger partial charge in [-0.1, -0.05) is 35.5 Å². The first-order valence-corrected chi connectivity index (χ1v) is 8.25. The first-order valence-electron chi connectivity index (χ1n) is 8.25. The number of nitrogens with two attached hydrogens (primary N) is 1. The van der Waals surface area contributed by atoms with Gasteiger partial charge in [0.15, 0.2) is 11.5 Å². The topological polar surface area (TPSA) is 85.5 Å². The summed E-state index contributed by atoms with van der Waals surface area (Å²) in [7, 11) is 0. The zero-order valence-electron chi connectivity index (χ0n) is 13.9.